The molecule has 1 atom stereocenters. The van der Waals surface area contributed by atoms with Crippen molar-refractivity contribution in [1.29, 1.82) is 0 Å². The van der Waals surface area contributed by atoms with Crippen LogP contribution >= 0.6 is 0 Å². The van der Waals surface area contributed by atoms with Crippen LogP contribution in [0.2, 0.25) is 0 Å². The maximum Gasteiger partial charge on any atom is 0.121 e. The van der Waals surface area contributed by atoms with Crippen LogP contribution in [0, 0.1) is 0 Å². The number of anilines is 2. The van der Waals surface area contributed by atoms with E-state index in [1.54, 1.807) is 0 Å². The monoisotopic (exact) mass is 488 g/mol. The average molecular weight is 489 g/mol. The molecule has 38 heavy (non-hydrogen) atoms. The van der Waals surface area contributed by atoms with E-state index in [-0.39, 0.29) is 6.04 Å². The molecule has 0 bridgehead atoms. The molecular formula is C33H22N5-. The van der Waals surface area contributed by atoms with E-state index >= 15 is 0 Å². The number of fused-ring (bicyclic) bond motifs is 6. The lowest BCUT2D eigenvalue weighted by atomic mass is 10.1. The number of rotatable bonds is 3. The van der Waals surface area contributed by atoms with Gasteiger partial charge in [0.15, 0.2) is 0 Å². The molecule has 1 unspecified atom stereocenters. The van der Waals surface area contributed by atoms with E-state index in [9.17, 15) is 0 Å². The lowest BCUT2D eigenvalue weighted by Crippen LogP contribution is -2.25. The lowest BCUT2D eigenvalue weighted by Gasteiger charge is -2.32. The van der Waals surface area contributed by atoms with E-state index in [1.165, 1.54) is 11.1 Å². The quantitative estimate of drug-likeness (QED) is 0.250. The van der Waals surface area contributed by atoms with E-state index in [4.69, 9.17) is 15.3 Å². The number of nitrogens with zero attached hydrogens (tertiary/aromatic N) is 5. The molecule has 5 heteroatoms. The summed E-state index contributed by atoms with van der Waals surface area (Å²) in [6.45, 7) is 0. The molecular weight excluding hydrogens is 466 g/mol. The van der Waals surface area contributed by atoms with Crippen molar-refractivity contribution in [3.63, 3.8) is 0 Å². The Hall–Kier alpha value is -5.16. The molecule has 0 saturated heterocycles. The Morgan fingerprint density at radius 2 is 1.34 bits per heavy atom. The third kappa shape index (κ3) is 3.05. The highest BCUT2D eigenvalue weighted by atomic mass is 15.3. The summed E-state index contributed by atoms with van der Waals surface area (Å²) in [5, 5.41) is 5.37. The SMILES string of the molecule is c1ccc(-c2ccc(-n3c4c(c5ncccc53)N=C3C([N-]4)c4ccccc4N3c3ccccc3)cc2)cc1. The summed E-state index contributed by atoms with van der Waals surface area (Å²) < 4.78 is 2.19. The van der Waals surface area contributed by atoms with Gasteiger partial charge >= 0.3 is 0 Å². The first-order valence-corrected chi connectivity index (χ1v) is 12.8. The van der Waals surface area contributed by atoms with Gasteiger partial charge in [-0.05, 0) is 58.0 Å². The van der Waals surface area contributed by atoms with Gasteiger partial charge < -0.3 is 9.88 Å². The molecule has 4 aromatic carbocycles. The van der Waals surface area contributed by atoms with Gasteiger partial charge in [0.05, 0.1) is 16.9 Å². The van der Waals surface area contributed by atoms with E-state index in [0.29, 0.717) is 0 Å². The molecule has 2 aliphatic rings. The Morgan fingerprint density at radius 3 is 2.16 bits per heavy atom. The van der Waals surface area contributed by atoms with Gasteiger partial charge in [0.25, 0.3) is 0 Å². The van der Waals surface area contributed by atoms with Gasteiger partial charge in [-0.3, -0.25) is 9.88 Å². The molecule has 0 spiro atoms. The Balaban J connectivity index is 1.32. The molecule has 4 heterocycles. The zero-order valence-electron chi connectivity index (χ0n) is 20.4. The number of aromatic nitrogens is 2. The second-order valence-electron chi connectivity index (χ2n) is 9.52. The fourth-order valence-corrected chi connectivity index (χ4v) is 5.63. The van der Waals surface area contributed by atoms with Crippen LogP contribution in [0.1, 0.15) is 11.6 Å². The lowest BCUT2D eigenvalue weighted by molar-refractivity contribution is 1.04. The maximum absolute atomic E-state index is 5.37. The van der Waals surface area contributed by atoms with Crippen LogP contribution in [0.4, 0.5) is 22.9 Å². The van der Waals surface area contributed by atoms with Gasteiger partial charge in [-0.25, -0.2) is 4.99 Å². The van der Waals surface area contributed by atoms with Crippen molar-refractivity contribution in [2.24, 2.45) is 4.99 Å². The first-order chi connectivity index (χ1) is 18.9. The second kappa shape index (κ2) is 8.18. The Bertz CT molecular complexity index is 1840. The Morgan fingerprint density at radius 1 is 0.632 bits per heavy atom. The molecule has 0 aliphatic carbocycles. The summed E-state index contributed by atoms with van der Waals surface area (Å²) in [4.78, 5) is 12.3. The van der Waals surface area contributed by atoms with Crippen LogP contribution in [0.15, 0.2) is 133 Å². The standard InChI is InChI=1S/C33H22N5/c1-3-10-22(11-4-1)23-17-19-25(20-18-23)38-28-16-9-21-34-30(28)31-33(38)35-29-26-14-7-8-15-27(26)37(32(29)36-31)24-12-5-2-6-13-24/h1-21,29H/q-1. The number of benzene rings is 4. The first kappa shape index (κ1) is 21.0. The summed E-state index contributed by atoms with van der Waals surface area (Å²) in [7, 11) is 0. The number of para-hydroxylation sites is 2. The van der Waals surface area contributed by atoms with Gasteiger partial charge in [-0.15, -0.1) is 0 Å². The van der Waals surface area contributed by atoms with Crippen molar-refractivity contribution in [2.45, 2.75) is 6.04 Å². The van der Waals surface area contributed by atoms with Gasteiger partial charge in [0.2, 0.25) is 0 Å². The van der Waals surface area contributed by atoms with Crippen LogP contribution in [0.5, 0.6) is 0 Å². The van der Waals surface area contributed by atoms with Crippen LogP contribution in [-0.4, -0.2) is 15.4 Å². The molecule has 2 aliphatic heterocycles. The van der Waals surface area contributed by atoms with Gasteiger partial charge in [0, 0.05) is 17.9 Å². The zero-order chi connectivity index (χ0) is 25.1. The molecule has 0 N–H and O–H groups in total. The molecule has 0 saturated carbocycles. The molecule has 8 rings (SSSR count). The fourth-order valence-electron chi connectivity index (χ4n) is 5.63. The minimum Gasteiger partial charge on any atom is -0.449 e. The van der Waals surface area contributed by atoms with E-state index in [0.717, 1.165) is 51.0 Å². The van der Waals surface area contributed by atoms with Crippen LogP contribution in [0.3, 0.4) is 0 Å². The molecule has 6 aromatic rings. The number of hydrogen-bond acceptors (Lipinski definition) is 3. The number of amidine groups is 1. The Kier molecular flexibility index (Phi) is 4.52. The summed E-state index contributed by atoms with van der Waals surface area (Å²) in [6.07, 6.45) is 1.83. The zero-order valence-corrected chi connectivity index (χ0v) is 20.4. The van der Waals surface area contributed by atoms with Crippen LogP contribution in [0.25, 0.3) is 33.2 Å². The smallest absolute Gasteiger partial charge is 0.121 e. The van der Waals surface area contributed by atoms with E-state index in [1.807, 2.05) is 24.4 Å². The van der Waals surface area contributed by atoms with Crippen molar-refractivity contribution in [3.05, 3.63) is 138 Å². The molecule has 0 radical (unpaired) electrons. The minimum absolute atomic E-state index is 0.189. The van der Waals surface area contributed by atoms with Gasteiger partial charge in [-0.2, -0.15) is 0 Å². The maximum atomic E-state index is 5.37. The highest BCUT2D eigenvalue weighted by molar-refractivity contribution is 6.19. The van der Waals surface area contributed by atoms with Crippen molar-refractivity contribution in [1.82, 2.24) is 9.55 Å². The summed E-state index contributed by atoms with van der Waals surface area (Å²) in [5.74, 6) is 1.75. The number of hydrogen-bond donors (Lipinski definition) is 0. The fraction of sp³-hybridized carbons (Fsp3) is 0.0303. The van der Waals surface area contributed by atoms with Crippen LogP contribution in [-0.2, 0) is 0 Å². The largest absolute Gasteiger partial charge is 0.449 e. The number of aliphatic imine (C=N–C) groups is 1. The van der Waals surface area contributed by atoms with E-state index in [2.05, 4.69) is 113 Å². The van der Waals surface area contributed by atoms with Crippen molar-refractivity contribution >= 4 is 39.7 Å². The molecule has 0 fully saturated rings. The number of pyridine rings is 1. The minimum atomic E-state index is -0.189. The molecule has 2 aromatic heterocycles. The molecule has 0 amide bonds. The van der Waals surface area contributed by atoms with Gasteiger partial charge in [0.1, 0.15) is 5.84 Å². The highest BCUT2D eigenvalue weighted by Gasteiger charge is 2.37. The Labute approximate surface area is 220 Å². The molecule has 180 valence electrons. The summed E-state index contributed by atoms with van der Waals surface area (Å²) >= 11 is 0. The first-order valence-electron chi connectivity index (χ1n) is 12.8. The topological polar surface area (TPSA) is 47.5 Å². The average Bonchev–Trinajstić information content (AvgIpc) is 3.49. The predicted molar refractivity (Wildman–Crippen MR) is 154 cm³/mol. The van der Waals surface area contributed by atoms with Crippen molar-refractivity contribution < 1.29 is 0 Å². The summed E-state index contributed by atoms with van der Waals surface area (Å²) in [6, 6.07) is 41.8. The van der Waals surface area contributed by atoms with Crippen LogP contribution < -0.4 is 4.90 Å². The highest BCUT2D eigenvalue weighted by Crippen LogP contribution is 2.55. The predicted octanol–water partition coefficient (Wildman–Crippen LogP) is 8.63. The van der Waals surface area contributed by atoms with Gasteiger partial charge in [-0.1, -0.05) is 97.1 Å². The van der Waals surface area contributed by atoms with Crippen molar-refractivity contribution in [2.75, 3.05) is 4.90 Å². The summed E-state index contributed by atoms with van der Waals surface area (Å²) in [5.41, 5.74) is 9.43. The van der Waals surface area contributed by atoms with E-state index < -0.39 is 0 Å². The third-order valence-corrected chi connectivity index (χ3v) is 7.35. The second-order valence-corrected chi connectivity index (χ2v) is 9.52. The normalized spacial score (nSPS) is 15.4. The molecule has 5 nitrogen and oxygen atoms in total. The third-order valence-electron chi connectivity index (χ3n) is 7.35. The van der Waals surface area contributed by atoms with Crippen molar-refractivity contribution in [3.8, 4) is 16.8 Å².